The van der Waals surface area contributed by atoms with Gasteiger partial charge in [-0.2, -0.15) is 5.10 Å². The number of rotatable bonds is 4. The van der Waals surface area contributed by atoms with E-state index in [4.69, 9.17) is 4.74 Å². The number of aryl methyl sites for hydroxylation is 1. The average molecular weight is 353 g/mol. The highest BCUT2D eigenvalue weighted by Gasteiger charge is 2.17. The van der Waals surface area contributed by atoms with E-state index in [0.717, 1.165) is 5.56 Å². The van der Waals surface area contributed by atoms with Crippen LogP contribution < -0.4 is 5.32 Å². The highest BCUT2D eigenvalue weighted by Crippen LogP contribution is 2.22. The van der Waals surface area contributed by atoms with Crippen LogP contribution in [0.5, 0.6) is 0 Å². The van der Waals surface area contributed by atoms with Gasteiger partial charge in [-0.05, 0) is 48.0 Å². The minimum Gasteiger partial charge on any atom is -0.465 e. The molecule has 6 nitrogen and oxygen atoms in total. The van der Waals surface area contributed by atoms with Gasteiger partial charge in [-0.15, -0.1) is 0 Å². The Morgan fingerprint density at radius 3 is 2.50 bits per heavy atom. The summed E-state index contributed by atoms with van der Waals surface area (Å²) < 4.78 is 19.3. The first-order chi connectivity index (χ1) is 12.5. The van der Waals surface area contributed by atoms with E-state index >= 15 is 0 Å². The van der Waals surface area contributed by atoms with Gasteiger partial charge < -0.3 is 10.1 Å². The third-order valence-corrected chi connectivity index (χ3v) is 3.83. The number of methoxy groups -OCH3 is 1. The van der Waals surface area contributed by atoms with Gasteiger partial charge in [0.25, 0.3) is 5.91 Å². The number of ether oxygens (including phenoxy) is 1. The molecule has 0 saturated heterocycles. The quantitative estimate of drug-likeness (QED) is 0.731. The van der Waals surface area contributed by atoms with Crippen LogP contribution >= 0.6 is 0 Å². The zero-order valence-electron chi connectivity index (χ0n) is 14.2. The second-order valence-corrected chi connectivity index (χ2v) is 5.54. The van der Waals surface area contributed by atoms with Crippen molar-refractivity contribution in [3.8, 4) is 11.3 Å². The molecule has 0 spiro atoms. The number of para-hydroxylation sites is 1. The molecule has 0 fully saturated rings. The monoisotopic (exact) mass is 353 g/mol. The Labute approximate surface area is 149 Å². The minimum atomic E-state index is -0.547. The van der Waals surface area contributed by atoms with Crippen molar-refractivity contribution in [2.75, 3.05) is 12.4 Å². The number of nitrogens with one attached hydrogen (secondary N) is 1. The largest absolute Gasteiger partial charge is 0.465 e. The van der Waals surface area contributed by atoms with Crippen LogP contribution in [0.3, 0.4) is 0 Å². The predicted octanol–water partition coefficient (Wildman–Crippen LogP) is 3.27. The zero-order valence-corrected chi connectivity index (χ0v) is 14.2. The van der Waals surface area contributed by atoms with Crippen molar-refractivity contribution in [3.05, 3.63) is 71.7 Å². The molecular weight excluding hydrogens is 337 g/mol. The Balaban J connectivity index is 1.87. The van der Waals surface area contributed by atoms with Crippen LogP contribution in [0.2, 0.25) is 0 Å². The Morgan fingerprint density at radius 1 is 1.12 bits per heavy atom. The SMILES string of the molecule is COC(=O)c1ccccc1NC(=O)c1cc(-c2ccc(F)cc2)n(C)n1. The summed E-state index contributed by atoms with van der Waals surface area (Å²) in [6.07, 6.45) is 0. The second-order valence-electron chi connectivity index (χ2n) is 5.54. The Bertz CT molecular complexity index is 964. The fourth-order valence-corrected chi connectivity index (χ4v) is 2.54. The van der Waals surface area contributed by atoms with Crippen LogP contribution in [0.15, 0.2) is 54.6 Å². The number of nitrogens with zero attached hydrogens (tertiary/aromatic N) is 2. The number of anilines is 1. The first-order valence-corrected chi connectivity index (χ1v) is 7.78. The van der Waals surface area contributed by atoms with E-state index in [1.165, 1.54) is 23.9 Å². The minimum absolute atomic E-state index is 0.173. The van der Waals surface area contributed by atoms with E-state index < -0.39 is 11.9 Å². The third-order valence-electron chi connectivity index (χ3n) is 3.83. The van der Waals surface area contributed by atoms with Gasteiger partial charge in [0.1, 0.15) is 5.82 Å². The van der Waals surface area contributed by atoms with Gasteiger partial charge in [-0.3, -0.25) is 9.48 Å². The number of hydrogen-bond acceptors (Lipinski definition) is 4. The lowest BCUT2D eigenvalue weighted by molar-refractivity contribution is 0.0602. The number of carbonyl (C=O) groups excluding carboxylic acids is 2. The molecular formula is C19H16FN3O3. The molecule has 1 amide bonds. The zero-order chi connectivity index (χ0) is 18.7. The van der Waals surface area contributed by atoms with Crippen molar-refractivity contribution in [2.45, 2.75) is 0 Å². The molecule has 26 heavy (non-hydrogen) atoms. The normalized spacial score (nSPS) is 10.4. The number of amides is 1. The average Bonchev–Trinajstić information content (AvgIpc) is 3.04. The van der Waals surface area contributed by atoms with Crippen LogP contribution in [0.1, 0.15) is 20.8 Å². The molecule has 3 rings (SSSR count). The maximum absolute atomic E-state index is 13.1. The molecule has 1 aromatic heterocycles. The summed E-state index contributed by atoms with van der Waals surface area (Å²) in [7, 11) is 2.96. The number of esters is 1. The smallest absolute Gasteiger partial charge is 0.339 e. The standard InChI is InChI=1S/C19H16FN3O3/c1-23-17(12-7-9-13(20)10-8-12)11-16(22-23)18(24)21-15-6-4-3-5-14(15)19(25)26-2/h3-11H,1-2H3,(H,21,24). The van der Waals surface area contributed by atoms with Gasteiger partial charge >= 0.3 is 5.97 Å². The summed E-state index contributed by atoms with van der Waals surface area (Å²) in [4.78, 5) is 24.3. The molecule has 3 aromatic rings. The molecule has 0 radical (unpaired) electrons. The van der Waals surface area contributed by atoms with Crippen molar-refractivity contribution >= 4 is 17.6 Å². The summed E-state index contributed by atoms with van der Waals surface area (Å²) >= 11 is 0. The van der Waals surface area contributed by atoms with E-state index in [1.807, 2.05) is 0 Å². The number of halogens is 1. The molecule has 1 heterocycles. The van der Waals surface area contributed by atoms with Gasteiger partial charge in [0, 0.05) is 7.05 Å². The maximum Gasteiger partial charge on any atom is 0.339 e. The van der Waals surface area contributed by atoms with Crippen molar-refractivity contribution in [2.24, 2.45) is 7.05 Å². The van der Waals surface area contributed by atoms with E-state index in [1.54, 1.807) is 49.5 Å². The van der Waals surface area contributed by atoms with Gasteiger partial charge in [-0.25, -0.2) is 9.18 Å². The molecule has 2 aromatic carbocycles. The number of benzene rings is 2. The number of aromatic nitrogens is 2. The topological polar surface area (TPSA) is 73.2 Å². The lowest BCUT2D eigenvalue weighted by Crippen LogP contribution is -2.16. The molecule has 0 atom stereocenters. The van der Waals surface area contributed by atoms with Crippen molar-refractivity contribution in [1.82, 2.24) is 9.78 Å². The van der Waals surface area contributed by atoms with Crippen LogP contribution in [0.4, 0.5) is 10.1 Å². The molecule has 0 aliphatic rings. The van der Waals surface area contributed by atoms with Gasteiger partial charge in [0.15, 0.2) is 5.69 Å². The van der Waals surface area contributed by atoms with Gasteiger partial charge in [0.2, 0.25) is 0 Å². The van der Waals surface area contributed by atoms with E-state index in [-0.39, 0.29) is 17.1 Å². The molecule has 7 heteroatoms. The van der Waals surface area contributed by atoms with Crippen molar-refractivity contribution < 1.29 is 18.7 Å². The van der Waals surface area contributed by atoms with Crippen LogP contribution in [-0.4, -0.2) is 28.8 Å². The number of hydrogen-bond donors (Lipinski definition) is 1. The molecule has 0 unspecified atom stereocenters. The fourth-order valence-electron chi connectivity index (χ4n) is 2.54. The second kappa shape index (κ2) is 7.18. The van der Waals surface area contributed by atoms with Gasteiger partial charge in [-0.1, -0.05) is 12.1 Å². The molecule has 0 saturated carbocycles. The summed E-state index contributed by atoms with van der Waals surface area (Å²) in [6.45, 7) is 0. The van der Waals surface area contributed by atoms with Crippen molar-refractivity contribution in [3.63, 3.8) is 0 Å². The first kappa shape index (κ1) is 17.3. The van der Waals surface area contributed by atoms with Crippen LogP contribution in [-0.2, 0) is 11.8 Å². The van der Waals surface area contributed by atoms with E-state index in [9.17, 15) is 14.0 Å². The Hall–Kier alpha value is -3.48. The fraction of sp³-hybridized carbons (Fsp3) is 0.105. The lowest BCUT2D eigenvalue weighted by Gasteiger charge is -2.08. The molecule has 1 N–H and O–H groups in total. The summed E-state index contributed by atoms with van der Waals surface area (Å²) in [6, 6.07) is 14.0. The van der Waals surface area contributed by atoms with Crippen molar-refractivity contribution in [1.29, 1.82) is 0 Å². The molecule has 0 aliphatic carbocycles. The van der Waals surface area contributed by atoms with Gasteiger partial charge in [0.05, 0.1) is 24.1 Å². The highest BCUT2D eigenvalue weighted by molar-refractivity contribution is 6.07. The Morgan fingerprint density at radius 2 is 1.81 bits per heavy atom. The van der Waals surface area contributed by atoms with Crippen LogP contribution in [0, 0.1) is 5.82 Å². The summed E-state index contributed by atoms with van der Waals surface area (Å²) in [5.74, 6) is -1.35. The lowest BCUT2D eigenvalue weighted by atomic mass is 10.1. The number of carbonyl (C=O) groups is 2. The molecule has 0 aliphatic heterocycles. The predicted molar refractivity (Wildman–Crippen MR) is 94.3 cm³/mol. The highest BCUT2D eigenvalue weighted by atomic mass is 19.1. The third kappa shape index (κ3) is 3.46. The first-order valence-electron chi connectivity index (χ1n) is 7.78. The molecule has 132 valence electrons. The van der Waals surface area contributed by atoms with E-state index in [0.29, 0.717) is 11.4 Å². The molecule has 0 bridgehead atoms. The maximum atomic E-state index is 13.1. The van der Waals surface area contributed by atoms with Crippen LogP contribution in [0.25, 0.3) is 11.3 Å². The summed E-state index contributed by atoms with van der Waals surface area (Å²) in [5, 5.41) is 6.86. The summed E-state index contributed by atoms with van der Waals surface area (Å²) in [5.41, 5.74) is 2.15. The van der Waals surface area contributed by atoms with E-state index in [2.05, 4.69) is 10.4 Å². The Kier molecular flexibility index (Phi) is 4.79.